The lowest BCUT2D eigenvalue weighted by Crippen LogP contribution is -2.33. The Labute approximate surface area is 103 Å². The second-order valence-corrected chi connectivity index (χ2v) is 4.57. The molecule has 0 bridgehead atoms. The van der Waals surface area contributed by atoms with E-state index in [2.05, 4.69) is 23.1 Å². The van der Waals surface area contributed by atoms with Gasteiger partial charge in [-0.3, -0.25) is 5.41 Å². The lowest BCUT2D eigenvalue weighted by atomic mass is 10.1. The van der Waals surface area contributed by atoms with Crippen molar-refractivity contribution in [2.45, 2.75) is 38.3 Å². The second kappa shape index (κ2) is 4.46. The second-order valence-electron chi connectivity index (χ2n) is 4.57. The summed E-state index contributed by atoms with van der Waals surface area (Å²) in [7, 11) is 0. The minimum absolute atomic E-state index is 0. The number of halogens is 1. The molecular weight excluding hydrogens is 220 g/mol. The van der Waals surface area contributed by atoms with Crippen LogP contribution >= 0.6 is 12.4 Å². The number of nitrogens with one attached hydrogen (secondary N) is 1. The lowest BCUT2D eigenvalue weighted by molar-refractivity contribution is 0.318. The standard InChI is InChI=1S/C13H16N2.ClH/c14-13-12-8-4-1-5-10(12)9-15(13)11-6-2-3-7-11;/h1,4-5,8,11,14H,2-3,6-7,9H2;1H. The van der Waals surface area contributed by atoms with Gasteiger partial charge < -0.3 is 4.90 Å². The maximum atomic E-state index is 8.18. The highest BCUT2D eigenvalue weighted by atomic mass is 35.5. The van der Waals surface area contributed by atoms with Crippen LogP contribution in [-0.2, 0) is 6.54 Å². The zero-order chi connectivity index (χ0) is 10.3. The highest BCUT2D eigenvalue weighted by molar-refractivity contribution is 6.00. The number of nitrogens with zero attached hydrogens (tertiary/aromatic N) is 1. The van der Waals surface area contributed by atoms with Crippen LogP contribution in [-0.4, -0.2) is 16.8 Å². The van der Waals surface area contributed by atoms with Crippen molar-refractivity contribution in [3.05, 3.63) is 35.4 Å². The van der Waals surface area contributed by atoms with E-state index >= 15 is 0 Å². The van der Waals surface area contributed by atoms with Crippen molar-refractivity contribution in [2.24, 2.45) is 0 Å². The molecule has 2 aliphatic rings. The number of rotatable bonds is 1. The summed E-state index contributed by atoms with van der Waals surface area (Å²) < 4.78 is 0. The molecule has 1 fully saturated rings. The van der Waals surface area contributed by atoms with Crippen molar-refractivity contribution in [3.63, 3.8) is 0 Å². The van der Waals surface area contributed by atoms with Crippen LogP contribution in [0.3, 0.4) is 0 Å². The fourth-order valence-electron chi connectivity index (χ4n) is 2.83. The van der Waals surface area contributed by atoms with E-state index in [0.717, 1.165) is 17.9 Å². The van der Waals surface area contributed by atoms with E-state index in [1.54, 1.807) is 0 Å². The van der Waals surface area contributed by atoms with Crippen molar-refractivity contribution in [2.75, 3.05) is 0 Å². The van der Waals surface area contributed by atoms with Crippen molar-refractivity contribution in [1.82, 2.24) is 4.90 Å². The van der Waals surface area contributed by atoms with Crippen molar-refractivity contribution < 1.29 is 0 Å². The first kappa shape index (κ1) is 11.5. The van der Waals surface area contributed by atoms with Gasteiger partial charge in [-0.1, -0.05) is 37.1 Å². The van der Waals surface area contributed by atoms with E-state index < -0.39 is 0 Å². The first-order valence-corrected chi connectivity index (χ1v) is 5.80. The predicted octanol–water partition coefficient (Wildman–Crippen LogP) is 3.19. The van der Waals surface area contributed by atoms with Crippen molar-refractivity contribution >= 4 is 18.2 Å². The monoisotopic (exact) mass is 236 g/mol. The predicted molar refractivity (Wildman–Crippen MR) is 68.3 cm³/mol. The summed E-state index contributed by atoms with van der Waals surface area (Å²) in [5, 5.41) is 8.18. The van der Waals surface area contributed by atoms with E-state index in [9.17, 15) is 0 Å². The van der Waals surface area contributed by atoms with Gasteiger partial charge in [0.15, 0.2) is 0 Å². The maximum Gasteiger partial charge on any atom is 0.128 e. The number of fused-ring (bicyclic) bond motifs is 1. The molecule has 16 heavy (non-hydrogen) atoms. The van der Waals surface area contributed by atoms with E-state index in [0.29, 0.717) is 6.04 Å². The summed E-state index contributed by atoms with van der Waals surface area (Å²) >= 11 is 0. The molecule has 0 spiro atoms. The molecule has 0 amide bonds. The summed E-state index contributed by atoms with van der Waals surface area (Å²) in [6, 6.07) is 8.96. The van der Waals surface area contributed by atoms with Crippen LogP contribution in [0.5, 0.6) is 0 Å². The average molecular weight is 237 g/mol. The van der Waals surface area contributed by atoms with Crippen LogP contribution in [0.4, 0.5) is 0 Å². The lowest BCUT2D eigenvalue weighted by Gasteiger charge is -2.25. The Balaban J connectivity index is 0.000000963. The molecule has 1 aromatic rings. The van der Waals surface area contributed by atoms with Crippen LogP contribution < -0.4 is 0 Å². The molecule has 3 heteroatoms. The van der Waals surface area contributed by atoms with Gasteiger partial charge in [0.05, 0.1) is 0 Å². The zero-order valence-corrected chi connectivity index (χ0v) is 10.1. The van der Waals surface area contributed by atoms with Crippen LogP contribution in [0.2, 0.25) is 0 Å². The summed E-state index contributed by atoms with van der Waals surface area (Å²) in [6.45, 7) is 0.958. The van der Waals surface area contributed by atoms with Gasteiger partial charge >= 0.3 is 0 Å². The Morgan fingerprint density at radius 1 is 1.12 bits per heavy atom. The molecule has 3 rings (SSSR count). The molecular formula is C13H17ClN2. The normalized spacial score (nSPS) is 19.8. The topological polar surface area (TPSA) is 27.1 Å². The van der Waals surface area contributed by atoms with Gasteiger partial charge in [-0.25, -0.2) is 0 Å². The third-order valence-corrected chi connectivity index (χ3v) is 3.67. The quantitative estimate of drug-likeness (QED) is 0.797. The van der Waals surface area contributed by atoms with Gasteiger partial charge in [-0.15, -0.1) is 12.4 Å². The number of amidine groups is 1. The Morgan fingerprint density at radius 3 is 2.50 bits per heavy atom. The molecule has 1 saturated carbocycles. The third kappa shape index (κ3) is 1.71. The minimum atomic E-state index is 0. The molecule has 1 aromatic carbocycles. The summed E-state index contributed by atoms with van der Waals surface area (Å²) in [5.41, 5.74) is 2.47. The number of hydrogen-bond acceptors (Lipinski definition) is 1. The molecule has 1 aliphatic carbocycles. The molecule has 0 aromatic heterocycles. The molecule has 86 valence electrons. The SMILES string of the molecule is Cl.N=C1c2ccccc2CN1C1CCCC1. The van der Waals surface area contributed by atoms with Crippen LogP contribution in [0, 0.1) is 5.41 Å². The maximum absolute atomic E-state index is 8.18. The molecule has 0 radical (unpaired) electrons. The third-order valence-electron chi connectivity index (χ3n) is 3.67. The average Bonchev–Trinajstić information content (AvgIpc) is 2.87. The Morgan fingerprint density at radius 2 is 1.81 bits per heavy atom. The Kier molecular flexibility index (Phi) is 3.20. The van der Waals surface area contributed by atoms with Gasteiger partial charge in [0.1, 0.15) is 5.84 Å². The first-order valence-electron chi connectivity index (χ1n) is 5.80. The smallest absolute Gasteiger partial charge is 0.128 e. The first-order chi connectivity index (χ1) is 7.36. The van der Waals surface area contributed by atoms with Gasteiger partial charge in [0, 0.05) is 18.2 Å². The molecule has 2 nitrogen and oxygen atoms in total. The highest BCUT2D eigenvalue weighted by Gasteiger charge is 2.30. The summed E-state index contributed by atoms with van der Waals surface area (Å²) in [5.74, 6) is 0.748. The van der Waals surface area contributed by atoms with E-state index in [4.69, 9.17) is 5.41 Å². The fourth-order valence-corrected chi connectivity index (χ4v) is 2.83. The summed E-state index contributed by atoms with van der Waals surface area (Å²) in [4.78, 5) is 2.29. The van der Waals surface area contributed by atoms with E-state index in [-0.39, 0.29) is 12.4 Å². The zero-order valence-electron chi connectivity index (χ0n) is 9.28. The highest BCUT2D eigenvalue weighted by Crippen LogP contribution is 2.31. The van der Waals surface area contributed by atoms with Crippen LogP contribution in [0.25, 0.3) is 0 Å². The molecule has 1 aliphatic heterocycles. The molecule has 0 atom stereocenters. The van der Waals surface area contributed by atoms with Gasteiger partial charge in [-0.05, 0) is 18.4 Å². The molecule has 1 N–H and O–H groups in total. The largest absolute Gasteiger partial charge is 0.349 e. The fraction of sp³-hybridized carbons (Fsp3) is 0.462. The Hall–Kier alpha value is -1.02. The minimum Gasteiger partial charge on any atom is -0.349 e. The van der Waals surface area contributed by atoms with Gasteiger partial charge in [0.25, 0.3) is 0 Å². The molecule has 1 heterocycles. The van der Waals surface area contributed by atoms with Gasteiger partial charge in [0.2, 0.25) is 0 Å². The van der Waals surface area contributed by atoms with Crippen LogP contribution in [0.1, 0.15) is 36.8 Å². The van der Waals surface area contributed by atoms with Crippen molar-refractivity contribution in [1.29, 1.82) is 5.41 Å². The van der Waals surface area contributed by atoms with Crippen LogP contribution in [0.15, 0.2) is 24.3 Å². The van der Waals surface area contributed by atoms with E-state index in [1.165, 1.54) is 31.2 Å². The molecule has 0 unspecified atom stereocenters. The van der Waals surface area contributed by atoms with Gasteiger partial charge in [-0.2, -0.15) is 0 Å². The number of hydrogen-bond donors (Lipinski definition) is 1. The molecule has 0 saturated heterocycles. The van der Waals surface area contributed by atoms with Crippen molar-refractivity contribution in [3.8, 4) is 0 Å². The Bertz CT molecular complexity index is 397. The van der Waals surface area contributed by atoms with E-state index in [1.807, 2.05) is 6.07 Å². The summed E-state index contributed by atoms with van der Waals surface area (Å²) in [6.07, 6.45) is 5.22. The number of benzene rings is 1.